The molecule has 0 aliphatic heterocycles. The van der Waals surface area contributed by atoms with E-state index in [0.29, 0.717) is 16.5 Å². The van der Waals surface area contributed by atoms with Crippen molar-refractivity contribution in [1.29, 1.82) is 5.26 Å². The average Bonchev–Trinajstić information content (AvgIpc) is 3.02. The van der Waals surface area contributed by atoms with Crippen molar-refractivity contribution in [3.8, 4) is 6.07 Å². The molecular formula is C12H9IN2S. The van der Waals surface area contributed by atoms with Crippen molar-refractivity contribution in [1.82, 2.24) is 0 Å². The van der Waals surface area contributed by atoms with Gasteiger partial charge in [0.15, 0.2) is 0 Å². The number of hydrogen-bond donors (Lipinski definition) is 1. The van der Waals surface area contributed by atoms with Crippen molar-refractivity contribution in [2.24, 2.45) is 0 Å². The van der Waals surface area contributed by atoms with Crippen LogP contribution in [0, 0.1) is 14.9 Å². The van der Waals surface area contributed by atoms with Gasteiger partial charge >= 0.3 is 0 Å². The van der Waals surface area contributed by atoms with Crippen LogP contribution in [0.3, 0.4) is 0 Å². The first-order valence-corrected chi connectivity index (χ1v) is 7.02. The molecule has 1 aromatic carbocycles. The smallest absolute Gasteiger partial charge is 0.105 e. The van der Waals surface area contributed by atoms with Gasteiger partial charge in [-0.2, -0.15) is 5.26 Å². The van der Waals surface area contributed by atoms with Crippen LogP contribution in [0.1, 0.15) is 29.9 Å². The SMILES string of the molecule is N#Cc1c(N)sc2ccc(C3CC3)c(I)c12. The van der Waals surface area contributed by atoms with E-state index in [1.54, 1.807) is 0 Å². The molecular weight excluding hydrogens is 331 g/mol. The quantitative estimate of drug-likeness (QED) is 0.802. The van der Waals surface area contributed by atoms with Gasteiger partial charge in [0.1, 0.15) is 11.1 Å². The minimum absolute atomic E-state index is 0.642. The number of nitriles is 1. The molecule has 1 fully saturated rings. The number of nitrogens with zero attached hydrogens (tertiary/aromatic N) is 1. The number of hydrogen-bond acceptors (Lipinski definition) is 3. The molecule has 0 saturated heterocycles. The second-order valence-electron chi connectivity index (χ2n) is 4.07. The molecule has 2 aromatic rings. The fourth-order valence-electron chi connectivity index (χ4n) is 2.01. The van der Waals surface area contributed by atoms with Gasteiger partial charge in [-0.3, -0.25) is 0 Å². The number of rotatable bonds is 1. The first-order chi connectivity index (χ1) is 7.72. The number of thiophene rings is 1. The van der Waals surface area contributed by atoms with Crippen LogP contribution in [0.4, 0.5) is 5.00 Å². The summed E-state index contributed by atoms with van der Waals surface area (Å²) in [5.74, 6) is 0.712. The number of nitrogens with two attached hydrogens (primary N) is 1. The van der Waals surface area contributed by atoms with Crippen molar-refractivity contribution in [2.75, 3.05) is 5.73 Å². The summed E-state index contributed by atoms with van der Waals surface area (Å²) in [6.45, 7) is 0. The van der Waals surface area contributed by atoms with Gasteiger partial charge in [-0.1, -0.05) is 6.07 Å². The Morgan fingerprint density at radius 3 is 2.81 bits per heavy atom. The lowest BCUT2D eigenvalue weighted by atomic mass is 10.1. The highest BCUT2D eigenvalue weighted by atomic mass is 127. The fourth-order valence-corrected chi connectivity index (χ4v) is 4.30. The molecule has 0 bridgehead atoms. The molecule has 1 aliphatic carbocycles. The third-order valence-corrected chi connectivity index (χ3v) is 5.13. The normalized spacial score (nSPS) is 15.2. The van der Waals surface area contributed by atoms with Gasteiger partial charge in [-0.15, -0.1) is 11.3 Å². The molecule has 1 saturated carbocycles. The van der Waals surface area contributed by atoms with Crippen molar-refractivity contribution >= 4 is 49.0 Å². The summed E-state index contributed by atoms with van der Waals surface area (Å²) in [5.41, 5.74) is 7.92. The maximum absolute atomic E-state index is 9.15. The summed E-state index contributed by atoms with van der Waals surface area (Å²) in [6.07, 6.45) is 2.56. The minimum Gasteiger partial charge on any atom is -0.389 e. The Morgan fingerprint density at radius 2 is 2.19 bits per heavy atom. The van der Waals surface area contributed by atoms with Crippen LogP contribution in [0.25, 0.3) is 10.1 Å². The summed E-state index contributed by atoms with van der Waals surface area (Å²) < 4.78 is 2.35. The topological polar surface area (TPSA) is 49.8 Å². The summed E-state index contributed by atoms with van der Waals surface area (Å²) in [4.78, 5) is 0. The van der Waals surface area contributed by atoms with Crippen molar-refractivity contribution in [3.63, 3.8) is 0 Å². The van der Waals surface area contributed by atoms with E-state index in [1.807, 2.05) is 0 Å². The highest BCUT2D eigenvalue weighted by Crippen LogP contribution is 2.46. The van der Waals surface area contributed by atoms with E-state index in [9.17, 15) is 0 Å². The predicted octanol–water partition coefficient (Wildman–Crippen LogP) is 3.84. The second-order valence-corrected chi connectivity index (χ2v) is 6.23. The Kier molecular flexibility index (Phi) is 2.33. The predicted molar refractivity (Wildman–Crippen MR) is 75.6 cm³/mol. The first-order valence-electron chi connectivity index (χ1n) is 5.13. The number of fused-ring (bicyclic) bond motifs is 1. The average molecular weight is 340 g/mol. The van der Waals surface area contributed by atoms with E-state index in [-0.39, 0.29) is 0 Å². The molecule has 2 nitrogen and oxygen atoms in total. The first kappa shape index (κ1) is 10.4. The summed E-state index contributed by atoms with van der Waals surface area (Å²) in [7, 11) is 0. The van der Waals surface area contributed by atoms with Gasteiger partial charge in [0.25, 0.3) is 0 Å². The van der Waals surface area contributed by atoms with E-state index in [0.717, 1.165) is 10.1 Å². The summed E-state index contributed by atoms with van der Waals surface area (Å²) in [5, 5.41) is 10.9. The van der Waals surface area contributed by atoms with Crippen LogP contribution in [-0.2, 0) is 0 Å². The lowest BCUT2D eigenvalue weighted by Gasteiger charge is -2.03. The third-order valence-electron chi connectivity index (χ3n) is 2.98. The number of nitrogen functional groups attached to an aromatic ring is 1. The van der Waals surface area contributed by atoms with Crippen molar-refractivity contribution < 1.29 is 0 Å². The Bertz CT molecular complexity index is 620. The molecule has 1 aromatic heterocycles. The molecule has 0 spiro atoms. The lowest BCUT2D eigenvalue weighted by molar-refractivity contribution is 1.12. The molecule has 4 heteroatoms. The zero-order valence-electron chi connectivity index (χ0n) is 8.46. The highest BCUT2D eigenvalue weighted by molar-refractivity contribution is 14.1. The van der Waals surface area contributed by atoms with E-state index >= 15 is 0 Å². The summed E-state index contributed by atoms with van der Waals surface area (Å²) in [6, 6.07) is 6.52. The van der Waals surface area contributed by atoms with Crippen molar-refractivity contribution in [2.45, 2.75) is 18.8 Å². The Labute approximate surface area is 111 Å². The number of anilines is 1. The van der Waals surface area contributed by atoms with Gasteiger partial charge in [-0.05, 0) is 53.0 Å². The monoisotopic (exact) mass is 340 g/mol. The third kappa shape index (κ3) is 1.42. The molecule has 0 radical (unpaired) electrons. The van der Waals surface area contributed by atoms with Gasteiger partial charge in [0.05, 0.1) is 5.56 Å². The zero-order chi connectivity index (χ0) is 11.3. The maximum atomic E-state index is 9.15. The Balaban J connectivity index is 2.37. The van der Waals surface area contributed by atoms with Crippen LogP contribution in [0.5, 0.6) is 0 Å². The van der Waals surface area contributed by atoms with Crippen LogP contribution >= 0.6 is 33.9 Å². The second kappa shape index (κ2) is 3.60. The van der Waals surface area contributed by atoms with Crippen LogP contribution in [-0.4, -0.2) is 0 Å². The lowest BCUT2D eigenvalue weighted by Crippen LogP contribution is -1.88. The molecule has 0 atom stereocenters. The minimum atomic E-state index is 0.642. The molecule has 0 amide bonds. The van der Waals surface area contributed by atoms with E-state index in [2.05, 4.69) is 40.8 Å². The summed E-state index contributed by atoms with van der Waals surface area (Å²) >= 11 is 3.87. The van der Waals surface area contributed by atoms with Crippen LogP contribution in [0.15, 0.2) is 12.1 Å². The Hall–Kier alpha value is -0.800. The molecule has 80 valence electrons. The van der Waals surface area contributed by atoms with Gasteiger partial charge in [-0.25, -0.2) is 0 Å². The van der Waals surface area contributed by atoms with Gasteiger partial charge in [0.2, 0.25) is 0 Å². The van der Waals surface area contributed by atoms with Crippen LogP contribution < -0.4 is 5.73 Å². The van der Waals surface area contributed by atoms with E-state index in [1.165, 1.54) is 33.3 Å². The largest absolute Gasteiger partial charge is 0.389 e. The van der Waals surface area contributed by atoms with Crippen LogP contribution in [0.2, 0.25) is 0 Å². The molecule has 1 heterocycles. The molecule has 3 rings (SSSR count). The molecule has 2 N–H and O–H groups in total. The number of benzene rings is 1. The van der Waals surface area contributed by atoms with E-state index < -0.39 is 0 Å². The van der Waals surface area contributed by atoms with E-state index in [4.69, 9.17) is 11.0 Å². The number of halogens is 1. The zero-order valence-corrected chi connectivity index (χ0v) is 11.4. The fraction of sp³-hybridized carbons (Fsp3) is 0.250. The Morgan fingerprint density at radius 1 is 1.44 bits per heavy atom. The van der Waals surface area contributed by atoms with Gasteiger partial charge in [0, 0.05) is 13.7 Å². The highest BCUT2D eigenvalue weighted by Gasteiger charge is 2.27. The van der Waals surface area contributed by atoms with Gasteiger partial charge < -0.3 is 5.73 Å². The maximum Gasteiger partial charge on any atom is 0.105 e. The molecule has 0 unspecified atom stereocenters. The standard InChI is InChI=1S/C12H9IN2S/c13-11-7(6-1-2-6)3-4-9-10(11)8(5-14)12(15)16-9/h3-4,6H,1-2,15H2. The van der Waals surface area contributed by atoms with Crippen molar-refractivity contribution in [3.05, 3.63) is 26.8 Å². The molecule has 1 aliphatic rings. The molecule has 16 heavy (non-hydrogen) atoms.